The van der Waals surface area contributed by atoms with Gasteiger partial charge in [-0.2, -0.15) is 0 Å². The molecule has 4 nitrogen and oxygen atoms in total. The minimum absolute atomic E-state index is 0.665. The van der Waals surface area contributed by atoms with Crippen LogP contribution in [0.4, 0.5) is 5.82 Å². The van der Waals surface area contributed by atoms with Gasteiger partial charge in [-0.25, -0.2) is 9.97 Å². The molecule has 0 saturated heterocycles. The molecule has 21 heavy (non-hydrogen) atoms. The number of anilines is 1. The van der Waals surface area contributed by atoms with Crippen LogP contribution in [0.1, 0.15) is 26.5 Å². The maximum absolute atomic E-state index is 5.46. The molecule has 1 aromatic heterocycles. The van der Waals surface area contributed by atoms with Crippen molar-refractivity contribution in [3.63, 3.8) is 0 Å². The molecule has 1 aromatic carbocycles. The lowest BCUT2D eigenvalue weighted by molar-refractivity contribution is 0.340. The molecule has 0 fully saturated rings. The van der Waals surface area contributed by atoms with E-state index in [1.807, 2.05) is 31.2 Å². The lowest BCUT2D eigenvalue weighted by Crippen LogP contribution is -2.05. The summed E-state index contributed by atoms with van der Waals surface area (Å²) >= 11 is 3.57. The molecular weight excluding hydrogens is 330 g/mol. The summed E-state index contributed by atoms with van der Waals surface area (Å²) in [5.74, 6) is 2.43. The van der Waals surface area contributed by atoms with Crippen LogP contribution < -0.4 is 10.1 Å². The maximum atomic E-state index is 5.46. The number of benzene rings is 1. The van der Waals surface area contributed by atoms with E-state index in [2.05, 4.69) is 45.1 Å². The molecule has 0 saturated carbocycles. The topological polar surface area (TPSA) is 47.0 Å². The third-order valence-corrected chi connectivity index (χ3v) is 3.86. The number of ether oxygens (including phenoxy) is 1. The van der Waals surface area contributed by atoms with Crippen LogP contribution in [0.3, 0.4) is 0 Å². The largest absolute Gasteiger partial charge is 0.494 e. The van der Waals surface area contributed by atoms with E-state index in [0.717, 1.165) is 46.1 Å². The molecule has 2 rings (SSSR count). The summed E-state index contributed by atoms with van der Waals surface area (Å²) in [4.78, 5) is 9.25. The molecular formula is C16H20BrN3O. The molecule has 0 spiro atoms. The molecule has 1 N–H and O–H groups in total. The Balaban J connectivity index is 2.40. The first kappa shape index (κ1) is 15.8. The van der Waals surface area contributed by atoms with Crippen molar-refractivity contribution in [3.05, 3.63) is 34.4 Å². The van der Waals surface area contributed by atoms with Crippen molar-refractivity contribution in [1.29, 1.82) is 0 Å². The Hall–Kier alpha value is -1.62. The molecule has 0 atom stereocenters. The van der Waals surface area contributed by atoms with Crippen molar-refractivity contribution < 1.29 is 4.74 Å². The van der Waals surface area contributed by atoms with Gasteiger partial charge in [0.25, 0.3) is 0 Å². The normalized spacial score (nSPS) is 10.5. The van der Waals surface area contributed by atoms with Gasteiger partial charge in [0.15, 0.2) is 5.82 Å². The summed E-state index contributed by atoms with van der Waals surface area (Å²) in [6.45, 7) is 7.60. The quantitative estimate of drug-likeness (QED) is 0.844. The minimum Gasteiger partial charge on any atom is -0.494 e. The van der Waals surface area contributed by atoms with E-state index in [-0.39, 0.29) is 0 Å². The van der Waals surface area contributed by atoms with E-state index in [0.29, 0.717) is 6.61 Å². The van der Waals surface area contributed by atoms with Gasteiger partial charge >= 0.3 is 0 Å². The second-order valence-corrected chi connectivity index (χ2v) is 5.29. The molecule has 0 bridgehead atoms. The van der Waals surface area contributed by atoms with Gasteiger partial charge < -0.3 is 10.1 Å². The standard InChI is InChI=1S/C16H20BrN3O/c1-4-13-14(17)16(18-5-2)20-15(19-13)11-7-9-12(10-8-11)21-6-3/h7-10H,4-6H2,1-3H3,(H,18,19,20). The summed E-state index contributed by atoms with van der Waals surface area (Å²) in [5, 5.41) is 3.27. The fraction of sp³-hybridized carbons (Fsp3) is 0.375. The molecule has 0 aliphatic carbocycles. The van der Waals surface area contributed by atoms with E-state index >= 15 is 0 Å². The molecule has 5 heteroatoms. The summed E-state index contributed by atoms with van der Waals surface area (Å²) in [7, 11) is 0. The zero-order valence-electron chi connectivity index (χ0n) is 12.6. The van der Waals surface area contributed by atoms with Crippen LogP contribution >= 0.6 is 15.9 Å². The number of aryl methyl sites for hydroxylation is 1. The SMILES string of the molecule is CCNc1nc(-c2ccc(OCC)cc2)nc(CC)c1Br. The first-order valence-electron chi connectivity index (χ1n) is 7.23. The van der Waals surface area contributed by atoms with Gasteiger partial charge in [-0.05, 0) is 60.5 Å². The van der Waals surface area contributed by atoms with E-state index in [1.165, 1.54) is 0 Å². The fourth-order valence-corrected chi connectivity index (χ4v) is 2.61. The van der Waals surface area contributed by atoms with Crippen molar-refractivity contribution in [2.24, 2.45) is 0 Å². The highest BCUT2D eigenvalue weighted by Crippen LogP contribution is 2.28. The molecule has 112 valence electrons. The van der Waals surface area contributed by atoms with Crippen LogP contribution in [0.25, 0.3) is 11.4 Å². The molecule has 1 heterocycles. The highest BCUT2D eigenvalue weighted by Gasteiger charge is 2.12. The number of hydrogen-bond acceptors (Lipinski definition) is 4. The Bertz CT molecular complexity index is 599. The first-order chi connectivity index (χ1) is 10.2. The highest BCUT2D eigenvalue weighted by molar-refractivity contribution is 9.10. The molecule has 0 unspecified atom stereocenters. The van der Waals surface area contributed by atoms with Crippen LogP contribution in [0.2, 0.25) is 0 Å². The van der Waals surface area contributed by atoms with Crippen LogP contribution in [-0.4, -0.2) is 23.1 Å². The lowest BCUT2D eigenvalue weighted by Gasteiger charge is -2.11. The Morgan fingerprint density at radius 1 is 1.10 bits per heavy atom. The summed E-state index contributed by atoms with van der Waals surface area (Å²) in [6, 6.07) is 7.87. The zero-order chi connectivity index (χ0) is 15.2. The van der Waals surface area contributed by atoms with Gasteiger partial charge in [0.1, 0.15) is 11.6 Å². The van der Waals surface area contributed by atoms with Gasteiger partial charge in [-0.15, -0.1) is 0 Å². The number of hydrogen-bond donors (Lipinski definition) is 1. The summed E-state index contributed by atoms with van der Waals surface area (Å²) in [5.41, 5.74) is 1.99. The zero-order valence-corrected chi connectivity index (χ0v) is 14.2. The Labute approximate surface area is 134 Å². The van der Waals surface area contributed by atoms with Crippen LogP contribution in [-0.2, 0) is 6.42 Å². The Morgan fingerprint density at radius 2 is 1.81 bits per heavy atom. The van der Waals surface area contributed by atoms with Crippen LogP contribution in [0.5, 0.6) is 5.75 Å². The van der Waals surface area contributed by atoms with Crippen molar-refractivity contribution in [2.75, 3.05) is 18.5 Å². The van der Waals surface area contributed by atoms with Gasteiger partial charge in [-0.1, -0.05) is 6.92 Å². The second kappa shape index (κ2) is 7.41. The highest BCUT2D eigenvalue weighted by atomic mass is 79.9. The molecule has 0 amide bonds. The molecule has 0 aliphatic rings. The van der Waals surface area contributed by atoms with E-state index in [9.17, 15) is 0 Å². The molecule has 0 aliphatic heterocycles. The van der Waals surface area contributed by atoms with Crippen LogP contribution in [0.15, 0.2) is 28.7 Å². The average molecular weight is 350 g/mol. The van der Waals surface area contributed by atoms with Crippen molar-refractivity contribution in [1.82, 2.24) is 9.97 Å². The maximum Gasteiger partial charge on any atom is 0.161 e. The van der Waals surface area contributed by atoms with Crippen molar-refractivity contribution in [2.45, 2.75) is 27.2 Å². The third kappa shape index (κ3) is 3.73. The van der Waals surface area contributed by atoms with Crippen molar-refractivity contribution >= 4 is 21.7 Å². The number of halogens is 1. The summed E-state index contributed by atoms with van der Waals surface area (Å²) < 4.78 is 6.41. The number of nitrogens with zero attached hydrogens (tertiary/aromatic N) is 2. The van der Waals surface area contributed by atoms with Gasteiger partial charge in [0.2, 0.25) is 0 Å². The Kier molecular flexibility index (Phi) is 5.56. The first-order valence-corrected chi connectivity index (χ1v) is 8.02. The monoisotopic (exact) mass is 349 g/mol. The van der Waals surface area contributed by atoms with E-state index in [4.69, 9.17) is 4.74 Å². The van der Waals surface area contributed by atoms with Crippen molar-refractivity contribution in [3.8, 4) is 17.1 Å². The molecule has 2 aromatic rings. The van der Waals surface area contributed by atoms with Crippen LogP contribution in [0, 0.1) is 0 Å². The lowest BCUT2D eigenvalue weighted by atomic mass is 10.2. The predicted molar refractivity (Wildman–Crippen MR) is 89.9 cm³/mol. The number of nitrogens with one attached hydrogen (secondary N) is 1. The van der Waals surface area contributed by atoms with E-state index < -0.39 is 0 Å². The number of rotatable bonds is 6. The Morgan fingerprint density at radius 3 is 2.38 bits per heavy atom. The van der Waals surface area contributed by atoms with Gasteiger partial charge in [0.05, 0.1) is 16.8 Å². The summed E-state index contributed by atoms with van der Waals surface area (Å²) in [6.07, 6.45) is 0.853. The fourth-order valence-electron chi connectivity index (χ4n) is 2.01. The minimum atomic E-state index is 0.665. The molecule has 0 radical (unpaired) electrons. The second-order valence-electron chi connectivity index (χ2n) is 4.50. The average Bonchev–Trinajstić information content (AvgIpc) is 2.51. The van der Waals surface area contributed by atoms with Gasteiger partial charge in [-0.3, -0.25) is 0 Å². The van der Waals surface area contributed by atoms with E-state index in [1.54, 1.807) is 0 Å². The third-order valence-electron chi connectivity index (χ3n) is 3.02. The number of aromatic nitrogens is 2. The predicted octanol–water partition coefficient (Wildman–Crippen LogP) is 4.30. The van der Waals surface area contributed by atoms with Gasteiger partial charge in [0, 0.05) is 12.1 Å². The smallest absolute Gasteiger partial charge is 0.161 e.